The van der Waals surface area contributed by atoms with E-state index < -0.39 is 6.03 Å². The van der Waals surface area contributed by atoms with Gasteiger partial charge in [-0.05, 0) is 24.8 Å². The topological polar surface area (TPSA) is 72.2 Å². The summed E-state index contributed by atoms with van der Waals surface area (Å²) >= 11 is 0. The Morgan fingerprint density at radius 3 is 2.44 bits per heavy atom. The van der Waals surface area contributed by atoms with Crippen LogP contribution in [0.1, 0.15) is 31.7 Å². The number of carbonyl (C=O) groups is 2. The average Bonchev–Trinajstić information content (AvgIpc) is 2.34. The van der Waals surface area contributed by atoms with Crippen molar-refractivity contribution in [3.63, 3.8) is 0 Å². The highest BCUT2D eigenvalue weighted by Crippen LogP contribution is 2.15. The monoisotopic (exact) mass is 248 g/mol. The van der Waals surface area contributed by atoms with Crippen LogP contribution in [0.2, 0.25) is 0 Å². The summed E-state index contributed by atoms with van der Waals surface area (Å²) in [6.07, 6.45) is 3.24. The Morgan fingerprint density at radius 1 is 1.22 bits per heavy atom. The Bertz CT molecular complexity index is 390. The summed E-state index contributed by atoms with van der Waals surface area (Å²) in [5.74, 6) is -0.414. The van der Waals surface area contributed by atoms with Crippen molar-refractivity contribution >= 4 is 11.9 Å². The first kappa shape index (κ1) is 14.2. The van der Waals surface area contributed by atoms with Gasteiger partial charge in [-0.2, -0.15) is 0 Å². The molecule has 4 nitrogen and oxygen atoms in total. The normalized spacial score (nSPS) is 11.8. The second-order valence-electron chi connectivity index (χ2n) is 4.36. The molecule has 18 heavy (non-hydrogen) atoms. The number of rotatable bonds is 6. The third kappa shape index (κ3) is 4.99. The molecule has 0 bridgehead atoms. The number of hydrogen-bond donors (Lipinski definition) is 2. The molecule has 0 aromatic heterocycles. The third-order valence-electron chi connectivity index (χ3n) is 2.88. The molecule has 4 heteroatoms. The first-order valence-corrected chi connectivity index (χ1v) is 6.27. The van der Waals surface area contributed by atoms with Gasteiger partial charge in [-0.3, -0.25) is 10.1 Å². The van der Waals surface area contributed by atoms with Crippen LogP contribution in [0.3, 0.4) is 0 Å². The molecule has 1 aromatic rings. The largest absolute Gasteiger partial charge is 0.351 e. The molecule has 1 atom stereocenters. The number of imide groups is 1. The Hall–Kier alpha value is -1.84. The summed E-state index contributed by atoms with van der Waals surface area (Å²) in [4.78, 5) is 22.4. The van der Waals surface area contributed by atoms with Gasteiger partial charge in [-0.1, -0.05) is 43.7 Å². The van der Waals surface area contributed by atoms with E-state index >= 15 is 0 Å². The van der Waals surface area contributed by atoms with Gasteiger partial charge >= 0.3 is 6.03 Å². The number of urea groups is 1. The fourth-order valence-corrected chi connectivity index (χ4v) is 1.96. The highest BCUT2D eigenvalue weighted by molar-refractivity contribution is 5.94. The zero-order valence-corrected chi connectivity index (χ0v) is 10.7. The molecule has 0 spiro atoms. The summed E-state index contributed by atoms with van der Waals surface area (Å²) in [7, 11) is 0. The third-order valence-corrected chi connectivity index (χ3v) is 2.88. The second kappa shape index (κ2) is 7.48. The smallest absolute Gasteiger partial charge is 0.318 e. The van der Waals surface area contributed by atoms with Crippen molar-refractivity contribution in [2.75, 3.05) is 0 Å². The lowest BCUT2D eigenvalue weighted by molar-refractivity contribution is -0.124. The van der Waals surface area contributed by atoms with Crippen LogP contribution in [-0.4, -0.2) is 11.9 Å². The molecule has 0 saturated carbocycles. The lowest BCUT2D eigenvalue weighted by Gasteiger charge is -2.14. The van der Waals surface area contributed by atoms with Gasteiger partial charge in [0.2, 0.25) is 5.91 Å². The lowest BCUT2D eigenvalue weighted by Crippen LogP contribution is -2.39. The molecule has 1 aromatic carbocycles. The number of nitrogens with two attached hydrogens (primary N) is 1. The van der Waals surface area contributed by atoms with Gasteiger partial charge < -0.3 is 5.73 Å². The second-order valence-corrected chi connectivity index (χ2v) is 4.36. The minimum absolute atomic E-state index is 0.150. The van der Waals surface area contributed by atoms with Gasteiger partial charge in [-0.25, -0.2) is 4.79 Å². The fraction of sp³-hybridized carbons (Fsp3) is 0.429. The minimum Gasteiger partial charge on any atom is -0.351 e. The summed E-state index contributed by atoms with van der Waals surface area (Å²) in [6, 6.07) is 9.22. The Morgan fingerprint density at radius 2 is 1.89 bits per heavy atom. The molecule has 0 radical (unpaired) electrons. The van der Waals surface area contributed by atoms with Crippen LogP contribution >= 0.6 is 0 Å². The maximum atomic E-state index is 11.8. The van der Waals surface area contributed by atoms with Crippen molar-refractivity contribution in [1.82, 2.24) is 5.32 Å². The van der Waals surface area contributed by atoms with Gasteiger partial charge in [0.05, 0.1) is 0 Å². The lowest BCUT2D eigenvalue weighted by atomic mass is 9.94. The van der Waals surface area contributed by atoms with Crippen molar-refractivity contribution in [2.24, 2.45) is 11.7 Å². The van der Waals surface area contributed by atoms with E-state index in [-0.39, 0.29) is 11.8 Å². The summed E-state index contributed by atoms with van der Waals surface area (Å²) in [5, 5.41) is 2.16. The molecule has 3 N–H and O–H groups in total. The molecule has 0 heterocycles. The Kier molecular flexibility index (Phi) is 5.91. The number of hydrogen-bond acceptors (Lipinski definition) is 2. The van der Waals surface area contributed by atoms with E-state index in [1.54, 1.807) is 0 Å². The molecular weight excluding hydrogens is 228 g/mol. The SMILES string of the molecule is CCC[C@@H](CCc1ccccc1)C(=O)NC(N)=O. The van der Waals surface area contributed by atoms with E-state index in [0.717, 1.165) is 25.7 Å². The van der Waals surface area contributed by atoms with Crippen LogP contribution in [0.5, 0.6) is 0 Å². The zero-order chi connectivity index (χ0) is 13.4. The van der Waals surface area contributed by atoms with Crippen LogP contribution in [-0.2, 0) is 11.2 Å². The zero-order valence-electron chi connectivity index (χ0n) is 10.7. The Labute approximate surface area is 108 Å². The predicted octanol–water partition coefficient (Wildman–Crippen LogP) is 2.23. The van der Waals surface area contributed by atoms with E-state index in [9.17, 15) is 9.59 Å². The fourth-order valence-electron chi connectivity index (χ4n) is 1.96. The summed E-state index contributed by atoms with van der Waals surface area (Å²) in [5.41, 5.74) is 6.16. The summed E-state index contributed by atoms with van der Waals surface area (Å²) < 4.78 is 0. The van der Waals surface area contributed by atoms with E-state index in [2.05, 4.69) is 5.32 Å². The molecule has 0 saturated heterocycles. The van der Waals surface area contributed by atoms with E-state index in [0.29, 0.717) is 0 Å². The van der Waals surface area contributed by atoms with Gasteiger partial charge in [0, 0.05) is 5.92 Å². The van der Waals surface area contributed by atoms with Crippen LogP contribution in [0.15, 0.2) is 30.3 Å². The predicted molar refractivity (Wildman–Crippen MR) is 70.9 cm³/mol. The first-order chi connectivity index (χ1) is 8.63. The van der Waals surface area contributed by atoms with E-state index in [1.165, 1.54) is 5.56 Å². The highest BCUT2D eigenvalue weighted by atomic mass is 16.2. The van der Waals surface area contributed by atoms with Gasteiger partial charge in [0.1, 0.15) is 0 Å². The highest BCUT2D eigenvalue weighted by Gasteiger charge is 2.18. The van der Waals surface area contributed by atoms with Gasteiger partial charge in [0.15, 0.2) is 0 Å². The maximum Gasteiger partial charge on any atom is 0.318 e. The quantitative estimate of drug-likeness (QED) is 0.810. The van der Waals surface area contributed by atoms with Crippen molar-refractivity contribution in [3.8, 4) is 0 Å². The summed E-state index contributed by atoms with van der Waals surface area (Å²) in [6.45, 7) is 2.02. The number of primary amides is 1. The van der Waals surface area contributed by atoms with Crippen LogP contribution in [0.4, 0.5) is 4.79 Å². The average molecular weight is 248 g/mol. The van der Waals surface area contributed by atoms with Crippen LogP contribution < -0.4 is 11.1 Å². The number of amides is 3. The van der Waals surface area contributed by atoms with Crippen molar-refractivity contribution < 1.29 is 9.59 Å². The van der Waals surface area contributed by atoms with Crippen LogP contribution in [0.25, 0.3) is 0 Å². The minimum atomic E-state index is -0.777. The van der Waals surface area contributed by atoms with Crippen molar-refractivity contribution in [1.29, 1.82) is 0 Å². The molecule has 0 aliphatic rings. The van der Waals surface area contributed by atoms with Gasteiger partial charge in [0.25, 0.3) is 0 Å². The molecular formula is C14H20N2O2. The molecule has 0 aliphatic carbocycles. The van der Waals surface area contributed by atoms with Crippen molar-refractivity contribution in [3.05, 3.63) is 35.9 Å². The standard InChI is InChI=1S/C14H20N2O2/c1-2-6-12(13(17)16-14(15)18)10-9-11-7-4-3-5-8-11/h3-5,7-8,12H,2,6,9-10H2,1H3,(H3,15,16,17,18)/t12-/m0/s1. The molecule has 0 fully saturated rings. The number of nitrogens with one attached hydrogen (secondary N) is 1. The first-order valence-electron chi connectivity index (χ1n) is 6.27. The molecule has 1 rings (SSSR count). The number of benzene rings is 1. The van der Waals surface area contributed by atoms with Crippen LogP contribution in [0, 0.1) is 5.92 Å². The number of carbonyl (C=O) groups excluding carboxylic acids is 2. The molecule has 3 amide bonds. The maximum absolute atomic E-state index is 11.8. The van der Waals surface area contributed by atoms with E-state index in [1.807, 2.05) is 37.3 Å². The Balaban J connectivity index is 2.52. The van der Waals surface area contributed by atoms with Gasteiger partial charge in [-0.15, -0.1) is 0 Å². The molecule has 0 aliphatic heterocycles. The molecule has 0 unspecified atom stereocenters. The number of aryl methyl sites for hydroxylation is 1. The van der Waals surface area contributed by atoms with Crippen molar-refractivity contribution in [2.45, 2.75) is 32.6 Å². The molecule has 98 valence electrons. The van der Waals surface area contributed by atoms with E-state index in [4.69, 9.17) is 5.73 Å².